The highest BCUT2D eigenvalue weighted by atomic mass is 32.1. The molecule has 0 unspecified atom stereocenters. The van der Waals surface area contributed by atoms with Crippen LogP contribution in [0, 0.1) is 36.5 Å². The molecule has 0 saturated heterocycles. The average molecular weight is 384 g/mol. The molecular formula is C24H21N3S. The molecule has 0 spiro atoms. The Kier molecular flexibility index (Phi) is 4.90. The highest BCUT2D eigenvalue weighted by molar-refractivity contribution is 7.15. The number of allylic oxidation sites excluding steroid dienone is 1. The number of nitrogens with zero attached hydrogens (tertiary/aromatic N) is 3. The van der Waals surface area contributed by atoms with Crippen LogP contribution in [-0.4, -0.2) is 4.57 Å². The molecule has 0 aliphatic heterocycles. The fourth-order valence-electron chi connectivity index (χ4n) is 4.02. The van der Waals surface area contributed by atoms with Crippen molar-refractivity contribution in [3.63, 3.8) is 0 Å². The molecule has 3 aromatic rings. The van der Waals surface area contributed by atoms with Gasteiger partial charge < -0.3 is 4.57 Å². The summed E-state index contributed by atoms with van der Waals surface area (Å²) < 4.78 is 2.19. The molecule has 0 amide bonds. The van der Waals surface area contributed by atoms with Gasteiger partial charge in [-0.25, -0.2) is 0 Å². The molecule has 2 aromatic heterocycles. The summed E-state index contributed by atoms with van der Waals surface area (Å²) in [6.07, 6.45) is 6.41. The average Bonchev–Trinajstić information content (AvgIpc) is 3.22. The van der Waals surface area contributed by atoms with Gasteiger partial charge in [0.2, 0.25) is 0 Å². The minimum Gasteiger partial charge on any atom is -0.308 e. The Labute approximate surface area is 169 Å². The molecule has 1 aromatic carbocycles. The van der Waals surface area contributed by atoms with Gasteiger partial charge in [-0.15, -0.1) is 11.3 Å². The highest BCUT2D eigenvalue weighted by Gasteiger charge is 2.23. The quantitative estimate of drug-likeness (QED) is 0.523. The van der Waals surface area contributed by atoms with Crippen LogP contribution in [-0.2, 0) is 12.8 Å². The number of aromatic nitrogens is 1. The summed E-state index contributed by atoms with van der Waals surface area (Å²) in [6, 6.07) is 16.6. The Hall–Kier alpha value is -3.08. The standard InChI is InChI=1S/C24H21N3S/c1-16-12-19(13-20(14-25)18-8-4-3-5-9-18)17(2)27(16)24-22(15-26)21-10-6-7-11-23(21)28-24/h3-5,8-9,12-13H,6-7,10-11H2,1-2H3. The number of hydrogen-bond donors (Lipinski definition) is 0. The molecule has 3 nitrogen and oxygen atoms in total. The van der Waals surface area contributed by atoms with Crippen LogP contribution >= 0.6 is 11.3 Å². The highest BCUT2D eigenvalue weighted by Crippen LogP contribution is 2.38. The molecule has 0 atom stereocenters. The minimum absolute atomic E-state index is 0.645. The molecule has 0 bridgehead atoms. The number of hydrogen-bond acceptors (Lipinski definition) is 3. The van der Waals surface area contributed by atoms with Crippen LogP contribution in [0.3, 0.4) is 0 Å². The smallest absolute Gasteiger partial charge is 0.118 e. The first-order valence-electron chi connectivity index (χ1n) is 9.55. The second-order valence-electron chi connectivity index (χ2n) is 7.20. The molecular weight excluding hydrogens is 362 g/mol. The van der Waals surface area contributed by atoms with Gasteiger partial charge in [0.25, 0.3) is 0 Å². The SMILES string of the molecule is Cc1cc(C=C(C#N)c2ccccc2)c(C)n1-c1sc2c(c1C#N)CCCC2. The molecule has 0 fully saturated rings. The lowest BCUT2D eigenvalue weighted by Crippen LogP contribution is -2.02. The Morgan fingerprint density at radius 1 is 1.11 bits per heavy atom. The normalized spacial score (nSPS) is 13.6. The maximum Gasteiger partial charge on any atom is 0.118 e. The van der Waals surface area contributed by atoms with Gasteiger partial charge >= 0.3 is 0 Å². The van der Waals surface area contributed by atoms with E-state index in [1.54, 1.807) is 11.3 Å². The van der Waals surface area contributed by atoms with E-state index in [-0.39, 0.29) is 0 Å². The third kappa shape index (κ3) is 3.07. The molecule has 1 aliphatic carbocycles. The van der Waals surface area contributed by atoms with E-state index in [1.165, 1.54) is 16.9 Å². The lowest BCUT2D eigenvalue weighted by Gasteiger charge is -2.10. The number of benzene rings is 1. The van der Waals surface area contributed by atoms with Gasteiger partial charge in [0.05, 0.1) is 17.2 Å². The van der Waals surface area contributed by atoms with Crippen molar-refractivity contribution in [2.45, 2.75) is 39.5 Å². The molecule has 2 heterocycles. The molecule has 0 radical (unpaired) electrons. The predicted octanol–water partition coefficient (Wildman–Crippen LogP) is 5.97. The van der Waals surface area contributed by atoms with Crippen molar-refractivity contribution in [3.8, 4) is 17.1 Å². The molecule has 138 valence electrons. The summed E-state index contributed by atoms with van der Waals surface area (Å²) in [5.41, 5.74) is 6.82. The third-order valence-electron chi connectivity index (χ3n) is 5.44. The number of thiophene rings is 1. The molecule has 0 N–H and O–H groups in total. The van der Waals surface area contributed by atoms with E-state index < -0.39 is 0 Å². The van der Waals surface area contributed by atoms with Gasteiger partial charge in [-0.2, -0.15) is 10.5 Å². The zero-order valence-electron chi connectivity index (χ0n) is 16.1. The van der Waals surface area contributed by atoms with Gasteiger partial charge in [0.1, 0.15) is 11.1 Å². The Balaban J connectivity index is 1.84. The maximum atomic E-state index is 9.83. The molecule has 4 rings (SSSR count). The van der Waals surface area contributed by atoms with Gasteiger partial charge in [-0.05, 0) is 68.4 Å². The number of fused-ring (bicyclic) bond motifs is 1. The van der Waals surface area contributed by atoms with Crippen molar-refractivity contribution in [1.29, 1.82) is 10.5 Å². The van der Waals surface area contributed by atoms with Crippen LogP contribution in [0.25, 0.3) is 16.7 Å². The van der Waals surface area contributed by atoms with E-state index in [4.69, 9.17) is 0 Å². The largest absolute Gasteiger partial charge is 0.308 e. The molecule has 4 heteroatoms. The fourth-order valence-corrected chi connectivity index (χ4v) is 5.47. The number of nitriles is 2. The summed E-state index contributed by atoms with van der Waals surface area (Å²) in [4.78, 5) is 1.37. The molecule has 28 heavy (non-hydrogen) atoms. The lowest BCUT2D eigenvalue weighted by atomic mass is 9.96. The van der Waals surface area contributed by atoms with Crippen LogP contribution in [0.5, 0.6) is 0 Å². The minimum atomic E-state index is 0.645. The van der Waals surface area contributed by atoms with Gasteiger partial charge in [-0.1, -0.05) is 30.3 Å². The summed E-state index contributed by atoms with van der Waals surface area (Å²) >= 11 is 1.76. The van der Waals surface area contributed by atoms with Gasteiger partial charge in [0.15, 0.2) is 0 Å². The summed E-state index contributed by atoms with van der Waals surface area (Å²) in [5.74, 6) is 0. The topological polar surface area (TPSA) is 52.5 Å². The van der Waals surface area contributed by atoms with Crippen molar-refractivity contribution < 1.29 is 0 Å². The number of aryl methyl sites for hydroxylation is 2. The lowest BCUT2D eigenvalue weighted by molar-refractivity contribution is 0.695. The van der Waals surface area contributed by atoms with E-state index in [9.17, 15) is 10.5 Å². The summed E-state index contributed by atoms with van der Waals surface area (Å²) in [6.45, 7) is 4.14. The van der Waals surface area contributed by atoms with E-state index in [2.05, 4.69) is 36.6 Å². The maximum absolute atomic E-state index is 9.83. The van der Waals surface area contributed by atoms with Crippen LogP contribution in [0.1, 0.15) is 51.4 Å². The summed E-state index contributed by atoms with van der Waals surface area (Å²) in [7, 11) is 0. The third-order valence-corrected chi connectivity index (χ3v) is 6.72. The van der Waals surface area contributed by atoms with Crippen molar-refractivity contribution in [2.75, 3.05) is 0 Å². The Bertz CT molecular complexity index is 1150. The Morgan fingerprint density at radius 2 is 1.86 bits per heavy atom. The fraction of sp³-hybridized carbons (Fsp3) is 0.250. The zero-order chi connectivity index (χ0) is 19.7. The van der Waals surface area contributed by atoms with Crippen LogP contribution in [0.2, 0.25) is 0 Å². The summed E-state index contributed by atoms with van der Waals surface area (Å²) in [5, 5.41) is 20.5. The first-order chi connectivity index (χ1) is 13.6. The zero-order valence-corrected chi connectivity index (χ0v) is 16.9. The molecule has 1 aliphatic rings. The molecule has 0 saturated carbocycles. The monoisotopic (exact) mass is 383 g/mol. The second kappa shape index (κ2) is 7.50. The second-order valence-corrected chi connectivity index (χ2v) is 8.28. The first-order valence-corrected chi connectivity index (χ1v) is 10.4. The van der Waals surface area contributed by atoms with Crippen LogP contribution in [0.4, 0.5) is 0 Å². The van der Waals surface area contributed by atoms with E-state index >= 15 is 0 Å². The van der Waals surface area contributed by atoms with E-state index in [0.717, 1.165) is 52.3 Å². The van der Waals surface area contributed by atoms with Crippen LogP contribution in [0.15, 0.2) is 36.4 Å². The van der Waals surface area contributed by atoms with E-state index in [1.807, 2.05) is 36.4 Å². The number of rotatable bonds is 3. The predicted molar refractivity (Wildman–Crippen MR) is 114 cm³/mol. The van der Waals surface area contributed by atoms with Crippen molar-refractivity contribution in [2.24, 2.45) is 0 Å². The van der Waals surface area contributed by atoms with Gasteiger partial charge in [0, 0.05) is 16.3 Å². The van der Waals surface area contributed by atoms with Crippen LogP contribution < -0.4 is 0 Å². The first kappa shape index (κ1) is 18.3. The Morgan fingerprint density at radius 3 is 2.57 bits per heavy atom. The van der Waals surface area contributed by atoms with Crippen molar-refractivity contribution in [1.82, 2.24) is 4.57 Å². The van der Waals surface area contributed by atoms with E-state index in [0.29, 0.717) is 5.57 Å². The van der Waals surface area contributed by atoms with Crippen molar-refractivity contribution >= 4 is 23.0 Å². The van der Waals surface area contributed by atoms with Gasteiger partial charge in [-0.3, -0.25) is 0 Å². The van der Waals surface area contributed by atoms with Crippen molar-refractivity contribution in [3.05, 3.63) is 74.9 Å².